The Labute approximate surface area is 308 Å². The Morgan fingerprint density at radius 3 is 1.22 bits per heavy atom. The number of allylic oxidation sites excluding steroid dienone is 12. The van der Waals surface area contributed by atoms with Crippen LogP contribution < -0.4 is 0 Å². The Kier molecular flexibility index (Phi) is 38.6. The number of carbonyl (C=O) groups excluding carboxylic acids is 2. The fourth-order valence-corrected chi connectivity index (χ4v) is 5.33. The van der Waals surface area contributed by atoms with Gasteiger partial charge in [-0.1, -0.05) is 151 Å². The van der Waals surface area contributed by atoms with Gasteiger partial charge in [0.2, 0.25) is 0 Å². The second kappa shape index (κ2) is 40.8. The molecule has 0 fully saturated rings. The Hall–Kier alpha value is -2.66. The molecule has 0 amide bonds. The second-order valence-electron chi connectivity index (χ2n) is 13.4. The highest BCUT2D eigenvalue weighted by molar-refractivity contribution is 5.70. The lowest BCUT2D eigenvalue weighted by molar-refractivity contribution is -0.161. The number of unbranched alkanes of at least 4 members (excludes halogenated alkanes) is 16. The third kappa shape index (κ3) is 38.1. The highest BCUT2D eigenvalue weighted by Gasteiger charge is 2.16. The van der Waals surface area contributed by atoms with Crippen LogP contribution in [0.25, 0.3) is 0 Å². The first-order valence-corrected chi connectivity index (χ1v) is 20.5. The van der Waals surface area contributed by atoms with E-state index in [2.05, 4.69) is 86.8 Å². The van der Waals surface area contributed by atoms with Crippen molar-refractivity contribution in [2.75, 3.05) is 13.2 Å². The maximum Gasteiger partial charge on any atom is 0.306 e. The third-order valence-electron chi connectivity index (χ3n) is 8.47. The topological polar surface area (TPSA) is 72.8 Å². The molecule has 0 aromatic carbocycles. The minimum Gasteiger partial charge on any atom is -0.462 e. The van der Waals surface area contributed by atoms with Gasteiger partial charge in [0.25, 0.3) is 0 Å². The largest absolute Gasteiger partial charge is 0.462 e. The van der Waals surface area contributed by atoms with E-state index >= 15 is 0 Å². The van der Waals surface area contributed by atoms with Crippen molar-refractivity contribution in [2.24, 2.45) is 0 Å². The first-order valence-electron chi connectivity index (χ1n) is 20.5. The molecule has 0 heterocycles. The molecule has 0 radical (unpaired) electrons. The van der Waals surface area contributed by atoms with Crippen molar-refractivity contribution in [3.8, 4) is 0 Å². The quantitative estimate of drug-likeness (QED) is 0.0401. The van der Waals surface area contributed by atoms with Gasteiger partial charge in [-0.05, 0) is 89.9 Å². The minimum absolute atomic E-state index is 0.0865. The lowest BCUT2D eigenvalue weighted by atomic mass is 10.1. The van der Waals surface area contributed by atoms with Crippen LogP contribution in [0.1, 0.15) is 181 Å². The summed E-state index contributed by atoms with van der Waals surface area (Å²) in [6.07, 6.45) is 53.8. The Bertz CT molecular complexity index is 926. The maximum absolute atomic E-state index is 12.2. The van der Waals surface area contributed by atoms with E-state index in [4.69, 9.17) is 9.47 Å². The molecule has 0 saturated heterocycles. The standard InChI is InChI=1S/C45H76O5/c1-3-5-7-9-11-13-15-17-19-21-22-24-26-28-30-32-34-36-38-40-45(48)50-43(41-46)42-49-44(47)39-37-35-33-31-29-27-25-23-20-18-16-14-12-10-8-6-4-2/h11-14,17-20,22,24,28,30,43,46H,3-10,15-16,21,23,25-27,29,31-42H2,1-2H3/b13-11-,14-12-,19-17-,20-18-,24-22-,30-28-/t43-/m0/s1. The molecule has 0 saturated carbocycles. The number of aliphatic hydroxyl groups is 1. The SMILES string of the molecule is CCCCC/C=C\C/C=C\C/C=C\C/C=C\CCCCCC(=O)O[C@@H](CO)COC(=O)CCCCCCCCC/C=C\C/C=C\CCCCC. The molecule has 1 atom stereocenters. The summed E-state index contributed by atoms with van der Waals surface area (Å²) in [6.45, 7) is 4.04. The summed E-state index contributed by atoms with van der Waals surface area (Å²) in [5, 5.41) is 9.56. The summed E-state index contributed by atoms with van der Waals surface area (Å²) < 4.78 is 10.6. The van der Waals surface area contributed by atoms with Crippen LogP contribution in [0.2, 0.25) is 0 Å². The van der Waals surface area contributed by atoms with Gasteiger partial charge in [0.15, 0.2) is 6.10 Å². The zero-order valence-electron chi connectivity index (χ0n) is 32.4. The van der Waals surface area contributed by atoms with Crippen molar-refractivity contribution < 1.29 is 24.2 Å². The average molecular weight is 697 g/mol. The number of carbonyl (C=O) groups is 2. The number of esters is 2. The van der Waals surface area contributed by atoms with E-state index in [0.29, 0.717) is 12.8 Å². The van der Waals surface area contributed by atoms with Gasteiger partial charge in [-0.25, -0.2) is 0 Å². The lowest BCUT2D eigenvalue weighted by Crippen LogP contribution is -2.28. The van der Waals surface area contributed by atoms with Crippen molar-refractivity contribution >= 4 is 11.9 Å². The predicted molar refractivity (Wildman–Crippen MR) is 214 cm³/mol. The van der Waals surface area contributed by atoms with Gasteiger partial charge >= 0.3 is 11.9 Å². The minimum atomic E-state index is -0.794. The summed E-state index contributed by atoms with van der Waals surface area (Å²) in [6, 6.07) is 0. The number of ether oxygens (including phenoxy) is 2. The maximum atomic E-state index is 12.2. The van der Waals surface area contributed by atoms with Crippen molar-refractivity contribution in [1.82, 2.24) is 0 Å². The molecule has 0 rings (SSSR count). The van der Waals surface area contributed by atoms with Crippen LogP contribution in [0.4, 0.5) is 0 Å². The molecular weight excluding hydrogens is 620 g/mol. The van der Waals surface area contributed by atoms with Crippen LogP contribution in [0.5, 0.6) is 0 Å². The molecule has 5 heteroatoms. The van der Waals surface area contributed by atoms with Crippen LogP contribution >= 0.6 is 0 Å². The van der Waals surface area contributed by atoms with Gasteiger partial charge in [-0.3, -0.25) is 9.59 Å². The summed E-state index contributed by atoms with van der Waals surface area (Å²) in [5.41, 5.74) is 0. The van der Waals surface area contributed by atoms with Gasteiger partial charge in [-0.2, -0.15) is 0 Å². The molecule has 0 spiro atoms. The molecule has 286 valence electrons. The second-order valence-corrected chi connectivity index (χ2v) is 13.4. The molecule has 5 nitrogen and oxygen atoms in total. The summed E-state index contributed by atoms with van der Waals surface area (Å²) in [5.74, 6) is -0.641. The molecule has 1 N–H and O–H groups in total. The highest BCUT2D eigenvalue weighted by Crippen LogP contribution is 2.12. The number of rotatable bonds is 36. The van der Waals surface area contributed by atoms with Gasteiger partial charge in [-0.15, -0.1) is 0 Å². The van der Waals surface area contributed by atoms with Crippen molar-refractivity contribution in [3.05, 3.63) is 72.9 Å². The molecule has 50 heavy (non-hydrogen) atoms. The van der Waals surface area contributed by atoms with Gasteiger partial charge < -0.3 is 14.6 Å². The molecule has 0 unspecified atom stereocenters. The fourth-order valence-electron chi connectivity index (χ4n) is 5.33. The van der Waals surface area contributed by atoms with Gasteiger partial charge in [0.05, 0.1) is 6.61 Å². The number of hydrogen-bond acceptors (Lipinski definition) is 5. The van der Waals surface area contributed by atoms with Crippen LogP contribution in [0, 0.1) is 0 Å². The van der Waals surface area contributed by atoms with E-state index in [9.17, 15) is 14.7 Å². The predicted octanol–water partition coefficient (Wildman–Crippen LogP) is 13.0. The van der Waals surface area contributed by atoms with E-state index in [1.165, 1.54) is 77.0 Å². The monoisotopic (exact) mass is 697 g/mol. The highest BCUT2D eigenvalue weighted by atomic mass is 16.6. The summed E-state index contributed by atoms with van der Waals surface area (Å²) >= 11 is 0. The molecule has 0 bridgehead atoms. The van der Waals surface area contributed by atoms with Crippen molar-refractivity contribution in [3.63, 3.8) is 0 Å². The first-order chi connectivity index (χ1) is 24.6. The molecule has 0 aliphatic carbocycles. The lowest BCUT2D eigenvalue weighted by Gasteiger charge is -2.15. The zero-order chi connectivity index (χ0) is 36.4. The van der Waals surface area contributed by atoms with E-state index < -0.39 is 6.10 Å². The molecular formula is C45H76O5. The number of aliphatic hydroxyl groups excluding tert-OH is 1. The third-order valence-corrected chi connectivity index (χ3v) is 8.47. The van der Waals surface area contributed by atoms with E-state index in [0.717, 1.165) is 77.0 Å². The zero-order valence-corrected chi connectivity index (χ0v) is 32.4. The number of hydrogen-bond donors (Lipinski definition) is 1. The Balaban J connectivity index is 3.66. The molecule has 0 aliphatic rings. The van der Waals surface area contributed by atoms with E-state index in [1.54, 1.807) is 0 Å². The normalized spacial score (nSPS) is 12.9. The van der Waals surface area contributed by atoms with E-state index in [1.807, 2.05) is 0 Å². The molecule has 0 aromatic rings. The van der Waals surface area contributed by atoms with Crippen LogP contribution in [-0.4, -0.2) is 36.4 Å². The summed E-state index contributed by atoms with van der Waals surface area (Å²) in [7, 11) is 0. The average Bonchev–Trinajstić information content (AvgIpc) is 3.12. The van der Waals surface area contributed by atoms with Crippen LogP contribution in [-0.2, 0) is 19.1 Å². The van der Waals surface area contributed by atoms with Gasteiger partial charge in [0, 0.05) is 12.8 Å². The smallest absolute Gasteiger partial charge is 0.306 e. The Morgan fingerprint density at radius 1 is 0.460 bits per heavy atom. The van der Waals surface area contributed by atoms with Crippen LogP contribution in [0.3, 0.4) is 0 Å². The van der Waals surface area contributed by atoms with Crippen molar-refractivity contribution in [1.29, 1.82) is 0 Å². The summed E-state index contributed by atoms with van der Waals surface area (Å²) in [4.78, 5) is 24.3. The van der Waals surface area contributed by atoms with E-state index in [-0.39, 0.29) is 25.2 Å². The van der Waals surface area contributed by atoms with Crippen molar-refractivity contribution in [2.45, 2.75) is 187 Å². The van der Waals surface area contributed by atoms with Gasteiger partial charge in [0.1, 0.15) is 6.61 Å². The first kappa shape index (κ1) is 47.3. The molecule has 0 aliphatic heterocycles. The Morgan fingerprint density at radius 2 is 0.800 bits per heavy atom. The van der Waals surface area contributed by atoms with Crippen LogP contribution in [0.15, 0.2) is 72.9 Å². The molecule has 0 aromatic heterocycles. The fraction of sp³-hybridized carbons (Fsp3) is 0.689.